The first-order valence-electron chi connectivity index (χ1n) is 13.7. The third kappa shape index (κ3) is 7.44. The van der Waals surface area contributed by atoms with Crippen LogP contribution in [0.4, 0.5) is 0 Å². The Balaban J connectivity index is 1.44. The largest absolute Gasteiger partial charge is 0.486 e. The van der Waals surface area contributed by atoms with Crippen molar-refractivity contribution in [1.82, 2.24) is 4.98 Å². The molecule has 4 aromatic rings. The molecule has 0 bridgehead atoms. The van der Waals surface area contributed by atoms with Crippen LogP contribution in [0, 0.1) is 0 Å². The first-order valence-corrected chi connectivity index (χ1v) is 13.7. The van der Waals surface area contributed by atoms with Gasteiger partial charge in [-0.15, -0.1) is 0 Å². The average Bonchev–Trinajstić information content (AvgIpc) is 3.38. The van der Waals surface area contributed by atoms with Crippen LogP contribution in [0.3, 0.4) is 0 Å². The Bertz CT molecular complexity index is 1370. The number of hydrogen-bond donors (Lipinski definition) is 2. The van der Waals surface area contributed by atoms with Crippen LogP contribution in [-0.4, -0.2) is 34.2 Å². The number of aryl methyl sites for hydroxylation is 1. The van der Waals surface area contributed by atoms with E-state index < -0.39 is 17.7 Å². The summed E-state index contributed by atoms with van der Waals surface area (Å²) in [6.07, 6.45) is 8.53. The molecule has 0 amide bonds. The van der Waals surface area contributed by atoms with Crippen molar-refractivity contribution >= 4 is 28.4 Å². The van der Waals surface area contributed by atoms with Crippen LogP contribution in [0.25, 0.3) is 10.9 Å². The molecule has 1 aromatic heterocycles. The molecule has 0 fully saturated rings. The molecule has 0 saturated carbocycles. The fourth-order valence-corrected chi connectivity index (χ4v) is 4.76. The number of para-hydroxylation sites is 1. The number of unbranched alkanes of at least 4 members (excludes halogenated alkanes) is 5. The molecule has 1 atom stereocenters. The van der Waals surface area contributed by atoms with Gasteiger partial charge in [0, 0.05) is 16.8 Å². The van der Waals surface area contributed by atoms with Crippen molar-refractivity contribution in [3.05, 3.63) is 101 Å². The zero-order valence-electron chi connectivity index (χ0n) is 22.3. The standard InChI is InChI=1S/C33H35NO5/c1-2-3-4-5-6-7-10-23-13-19-27(20-14-23)39-22-30(35)31(29-21-26-11-8-9-12-28(26)34-29)32(36)24-15-17-25(18-16-24)33(37)38/h8-9,11-21,31,34H,2-7,10,22H2,1H3,(H,37,38). The lowest BCUT2D eigenvalue weighted by Gasteiger charge is -2.15. The molecule has 0 aliphatic heterocycles. The summed E-state index contributed by atoms with van der Waals surface area (Å²) in [4.78, 5) is 41.4. The number of H-pyrrole nitrogens is 1. The van der Waals surface area contributed by atoms with Gasteiger partial charge in [-0.2, -0.15) is 0 Å². The summed E-state index contributed by atoms with van der Waals surface area (Å²) in [7, 11) is 0. The van der Waals surface area contributed by atoms with Gasteiger partial charge in [0.25, 0.3) is 0 Å². The van der Waals surface area contributed by atoms with E-state index in [0.29, 0.717) is 11.4 Å². The molecule has 6 nitrogen and oxygen atoms in total. The molecule has 0 spiro atoms. The molecule has 0 radical (unpaired) electrons. The summed E-state index contributed by atoms with van der Waals surface area (Å²) in [5.41, 5.74) is 2.87. The van der Waals surface area contributed by atoms with Gasteiger partial charge in [0.05, 0.1) is 5.56 Å². The van der Waals surface area contributed by atoms with E-state index in [9.17, 15) is 19.5 Å². The molecule has 0 aliphatic rings. The maximum Gasteiger partial charge on any atom is 0.335 e. The summed E-state index contributed by atoms with van der Waals surface area (Å²) in [6.45, 7) is 1.95. The van der Waals surface area contributed by atoms with Crippen molar-refractivity contribution < 1.29 is 24.2 Å². The number of fused-ring (bicyclic) bond motifs is 1. The molecule has 1 unspecified atom stereocenters. The van der Waals surface area contributed by atoms with E-state index in [1.807, 2.05) is 48.5 Å². The summed E-state index contributed by atoms with van der Waals surface area (Å²) in [5.74, 6) is -2.42. The van der Waals surface area contributed by atoms with Gasteiger partial charge in [0.15, 0.2) is 11.6 Å². The van der Waals surface area contributed by atoms with Crippen LogP contribution in [0.5, 0.6) is 5.75 Å². The third-order valence-corrected chi connectivity index (χ3v) is 6.99. The second-order valence-corrected chi connectivity index (χ2v) is 9.91. The van der Waals surface area contributed by atoms with Gasteiger partial charge in [0.1, 0.15) is 18.3 Å². The van der Waals surface area contributed by atoms with E-state index in [1.165, 1.54) is 61.9 Å². The Morgan fingerprint density at radius 3 is 2.18 bits per heavy atom. The topological polar surface area (TPSA) is 96.5 Å². The van der Waals surface area contributed by atoms with Crippen molar-refractivity contribution in [2.24, 2.45) is 0 Å². The van der Waals surface area contributed by atoms with Crippen LogP contribution < -0.4 is 4.74 Å². The van der Waals surface area contributed by atoms with Gasteiger partial charge in [-0.25, -0.2) is 4.79 Å². The Morgan fingerprint density at radius 1 is 0.821 bits per heavy atom. The lowest BCUT2D eigenvalue weighted by Crippen LogP contribution is -2.27. The minimum absolute atomic E-state index is 0.0725. The summed E-state index contributed by atoms with van der Waals surface area (Å²) in [6, 6.07) is 22.8. The number of carboxylic acid groups (broad SMARTS) is 1. The van der Waals surface area contributed by atoms with Crippen LogP contribution in [0.15, 0.2) is 78.9 Å². The number of rotatable bonds is 15. The second kappa shape index (κ2) is 13.6. The number of aromatic amines is 1. The van der Waals surface area contributed by atoms with E-state index >= 15 is 0 Å². The zero-order valence-corrected chi connectivity index (χ0v) is 22.3. The lowest BCUT2D eigenvalue weighted by molar-refractivity contribution is -0.121. The van der Waals surface area contributed by atoms with E-state index in [4.69, 9.17) is 4.74 Å². The predicted octanol–water partition coefficient (Wildman–Crippen LogP) is 7.38. The zero-order chi connectivity index (χ0) is 27.6. The molecule has 6 heteroatoms. The van der Waals surface area contributed by atoms with E-state index in [-0.39, 0.29) is 23.5 Å². The Hall–Kier alpha value is -4.19. The molecule has 202 valence electrons. The van der Waals surface area contributed by atoms with Gasteiger partial charge in [-0.1, -0.05) is 81.5 Å². The van der Waals surface area contributed by atoms with Crippen molar-refractivity contribution in [3.63, 3.8) is 0 Å². The summed E-state index contributed by atoms with van der Waals surface area (Å²) in [5, 5.41) is 10.1. The number of aromatic carboxylic acids is 1. The Morgan fingerprint density at radius 2 is 1.49 bits per heavy atom. The van der Waals surface area contributed by atoms with Crippen LogP contribution in [-0.2, 0) is 11.2 Å². The number of aromatic nitrogens is 1. The van der Waals surface area contributed by atoms with Crippen molar-refractivity contribution in [1.29, 1.82) is 0 Å². The van der Waals surface area contributed by atoms with E-state index in [1.54, 1.807) is 6.07 Å². The highest BCUT2D eigenvalue weighted by molar-refractivity contribution is 6.15. The number of carbonyl (C=O) groups is 3. The monoisotopic (exact) mass is 525 g/mol. The second-order valence-electron chi connectivity index (χ2n) is 9.91. The van der Waals surface area contributed by atoms with Gasteiger partial charge < -0.3 is 14.8 Å². The fourth-order valence-electron chi connectivity index (χ4n) is 4.76. The maximum atomic E-state index is 13.5. The minimum Gasteiger partial charge on any atom is -0.486 e. The van der Waals surface area contributed by atoms with Gasteiger partial charge in [-0.05, 0) is 60.2 Å². The van der Waals surface area contributed by atoms with Crippen LogP contribution in [0.1, 0.15) is 83.3 Å². The Labute approximate surface area is 229 Å². The predicted molar refractivity (Wildman–Crippen MR) is 153 cm³/mol. The first-order chi connectivity index (χ1) is 19.0. The third-order valence-electron chi connectivity index (χ3n) is 6.99. The van der Waals surface area contributed by atoms with Crippen molar-refractivity contribution in [3.8, 4) is 5.75 Å². The van der Waals surface area contributed by atoms with Gasteiger partial charge >= 0.3 is 5.97 Å². The van der Waals surface area contributed by atoms with E-state index in [2.05, 4.69) is 11.9 Å². The molecule has 1 heterocycles. The maximum absolute atomic E-state index is 13.5. The van der Waals surface area contributed by atoms with Gasteiger partial charge in [0.2, 0.25) is 0 Å². The number of ether oxygens (including phenoxy) is 1. The molecule has 0 saturated heterocycles. The van der Waals surface area contributed by atoms with Crippen LogP contribution in [0.2, 0.25) is 0 Å². The lowest BCUT2D eigenvalue weighted by atomic mass is 9.90. The van der Waals surface area contributed by atoms with Crippen molar-refractivity contribution in [2.45, 2.75) is 57.8 Å². The molecule has 0 aliphatic carbocycles. The minimum atomic E-state index is -1.11. The number of benzene rings is 3. The van der Waals surface area contributed by atoms with Crippen molar-refractivity contribution in [2.75, 3.05) is 6.61 Å². The molecular formula is C33H35NO5. The van der Waals surface area contributed by atoms with Crippen LogP contribution >= 0.6 is 0 Å². The number of hydrogen-bond acceptors (Lipinski definition) is 4. The summed E-state index contributed by atoms with van der Waals surface area (Å²) < 4.78 is 5.81. The molecular weight excluding hydrogens is 490 g/mol. The molecule has 2 N–H and O–H groups in total. The highest BCUT2D eigenvalue weighted by Gasteiger charge is 2.31. The number of ketones is 2. The highest BCUT2D eigenvalue weighted by atomic mass is 16.5. The summed E-state index contributed by atoms with van der Waals surface area (Å²) >= 11 is 0. The normalized spacial score (nSPS) is 11.8. The smallest absolute Gasteiger partial charge is 0.335 e. The van der Waals surface area contributed by atoms with Gasteiger partial charge in [-0.3, -0.25) is 9.59 Å². The van der Waals surface area contributed by atoms with E-state index in [0.717, 1.165) is 23.7 Å². The molecule has 39 heavy (non-hydrogen) atoms. The SMILES string of the molecule is CCCCCCCCc1ccc(OCC(=O)C(C(=O)c2ccc(C(=O)O)cc2)c2cc3ccccc3[nH]2)cc1. The number of carboxylic acids is 1. The molecule has 3 aromatic carbocycles. The number of Topliss-reactive ketones (excluding diaryl/α,β-unsaturated/α-hetero) is 2. The molecule has 4 rings (SSSR count). The highest BCUT2D eigenvalue weighted by Crippen LogP contribution is 2.27. The first kappa shape index (κ1) is 27.8. The average molecular weight is 526 g/mol. The number of carbonyl (C=O) groups excluding carboxylic acids is 2. The quantitative estimate of drug-likeness (QED) is 0.0959. The number of nitrogens with one attached hydrogen (secondary N) is 1. The fraction of sp³-hybridized carbons (Fsp3) is 0.303. The Kier molecular flexibility index (Phi) is 9.68.